The molecule has 0 aliphatic carbocycles. The number of nitro groups is 1. The van der Waals surface area contributed by atoms with E-state index in [1.165, 1.54) is 25.9 Å². The van der Waals surface area contributed by atoms with E-state index in [1.54, 1.807) is 19.1 Å². The second-order valence-corrected chi connectivity index (χ2v) is 5.75. The summed E-state index contributed by atoms with van der Waals surface area (Å²) in [6.45, 7) is 8.48. The molecule has 0 amide bonds. The highest BCUT2D eigenvalue weighted by Crippen LogP contribution is 2.21. The SMILES string of the molecule is Cc1cc(NCC(C)CN2CCCC2)ccc1[N+](=O)[O-]. The number of nitrogens with one attached hydrogen (secondary N) is 1. The van der Waals surface area contributed by atoms with Crippen LogP contribution in [0.4, 0.5) is 11.4 Å². The fourth-order valence-corrected chi connectivity index (χ4v) is 2.73. The zero-order valence-electron chi connectivity index (χ0n) is 12.3. The Morgan fingerprint density at radius 3 is 2.70 bits per heavy atom. The molecule has 5 nitrogen and oxygen atoms in total. The van der Waals surface area contributed by atoms with E-state index >= 15 is 0 Å². The molecular formula is C15H23N3O2. The number of hydrogen-bond acceptors (Lipinski definition) is 4. The van der Waals surface area contributed by atoms with Gasteiger partial charge in [-0.15, -0.1) is 0 Å². The van der Waals surface area contributed by atoms with Gasteiger partial charge in [-0.1, -0.05) is 6.92 Å². The minimum atomic E-state index is -0.338. The lowest BCUT2D eigenvalue weighted by Gasteiger charge is -2.21. The molecule has 1 heterocycles. The molecular weight excluding hydrogens is 254 g/mol. The van der Waals surface area contributed by atoms with E-state index in [-0.39, 0.29) is 10.6 Å². The molecule has 5 heteroatoms. The molecule has 0 saturated carbocycles. The lowest BCUT2D eigenvalue weighted by Crippen LogP contribution is -2.28. The summed E-state index contributed by atoms with van der Waals surface area (Å²) in [6.07, 6.45) is 2.64. The number of nitro benzene ring substituents is 1. The van der Waals surface area contributed by atoms with Gasteiger partial charge in [0.15, 0.2) is 0 Å². The van der Waals surface area contributed by atoms with E-state index in [0.29, 0.717) is 11.5 Å². The minimum Gasteiger partial charge on any atom is -0.385 e. The van der Waals surface area contributed by atoms with Crippen molar-refractivity contribution in [1.82, 2.24) is 4.90 Å². The lowest BCUT2D eigenvalue weighted by atomic mass is 10.1. The third-order valence-corrected chi connectivity index (χ3v) is 3.82. The van der Waals surface area contributed by atoms with Crippen LogP contribution in [0, 0.1) is 23.0 Å². The summed E-state index contributed by atoms with van der Waals surface area (Å²) < 4.78 is 0. The van der Waals surface area contributed by atoms with E-state index in [0.717, 1.165) is 18.8 Å². The van der Waals surface area contributed by atoms with E-state index in [2.05, 4.69) is 17.1 Å². The first-order chi connectivity index (χ1) is 9.56. The normalized spacial score (nSPS) is 17.1. The number of benzene rings is 1. The number of aryl methyl sites for hydroxylation is 1. The minimum absolute atomic E-state index is 0.181. The van der Waals surface area contributed by atoms with E-state index in [1.807, 2.05) is 6.07 Å². The van der Waals surface area contributed by atoms with E-state index in [9.17, 15) is 10.1 Å². The van der Waals surface area contributed by atoms with Crippen molar-refractivity contribution in [3.05, 3.63) is 33.9 Å². The van der Waals surface area contributed by atoms with Crippen molar-refractivity contribution in [1.29, 1.82) is 0 Å². The number of hydrogen-bond donors (Lipinski definition) is 1. The topological polar surface area (TPSA) is 58.4 Å². The van der Waals surface area contributed by atoms with Crippen LogP contribution in [-0.4, -0.2) is 36.0 Å². The van der Waals surface area contributed by atoms with Crippen LogP contribution in [0.25, 0.3) is 0 Å². The van der Waals surface area contributed by atoms with Crippen LogP contribution >= 0.6 is 0 Å². The van der Waals surface area contributed by atoms with Gasteiger partial charge < -0.3 is 10.2 Å². The van der Waals surface area contributed by atoms with Gasteiger partial charge in [0.25, 0.3) is 5.69 Å². The van der Waals surface area contributed by atoms with Crippen molar-refractivity contribution < 1.29 is 4.92 Å². The van der Waals surface area contributed by atoms with Gasteiger partial charge in [-0.05, 0) is 50.9 Å². The Labute approximate surface area is 120 Å². The molecule has 1 aromatic carbocycles. The van der Waals surface area contributed by atoms with Crippen LogP contribution in [0.5, 0.6) is 0 Å². The molecule has 1 N–H and O–H groups in total. The third-order valence-electron chi connectivity index (χ3n) is 3.82. The fraction of sp³-hybridized carbons (Fsp3) is 0.600. The number of rotatable bonds is 6. The predicted molar refractivity (Wildman–Crippen MR) is 81.2 cm³/mol. The zero-order chi connectivity index (χ0) is 14.5. The molecule has 1 unspecified atom stereocenters. The molecule has 1 aliphatic rings. The lowest BCUT2D eigenvalue weighted by molar-refractivity contribution is -0.385. The predicted octanol–water partition coefficient (Wildman–Crippen LogP) is 3.05. The van der Waals surface area contributed by atoms with Gasteiger partial charge in [-0.2, -0.15) is 0 Å². The largest absolute Gasteiger partial charge is 0.385 e. The fourth-order valence-electron chi connectivity index (χ4n) is 2.73. The van der Waals surface area contributed by atoms with Crippen molar-refractivity contribution in [3.8, 4) is 0 Å². The van der Waals surface area contributed by atoms with Gasteiger partial charge in [-0.25, -0.2) is 0 Å². The highest BCUT2D eigenvalue weighted by Gasteiger charge is 2.15. The molecule has 0 aromatic heterocycles. The van der Waals surface area contributed by atoms with Gasteiger partial charge in [-0.3, -0.25) is 10.1 Å². The summed E-state index contributed by atoms with van der Waals surface area (Å²) in [5, 5.41) is 14.1. The Morgan fingerprint density at radius 1 is 1.40 bits per heavy atom. The summed E-state index contributed by atoms with van der Waals surface area (Å²) in [7, 11) is 0. The molecule has 0 spiro atoms. The Kier molecular flexibility index (Phi) is 4.95. The molecule has 0 radical (unpaired) electrons. The van der Waals surface area contributed by atoms with Crippen molar-refractivity contribution >= 4 is 11.4 Å². The first kappa shape index (κ1) is 14.8. The quantitative estimate of drug-likeness (QED) is 0.641. The molecule has 110 valence electrons. The number of anilines is 1. The number of likely N-dealkylation sites (tertiary alicyclic amines) is 1. The standard InChI is InChI=1S/C15H23N3O2/c1-12(11-17-7-3-4-8-17)10-16-14-5-6-15(18(19)20)13(2)9-14/h5-6,9,12,16H,3-4,7-8,10-11H2,1-2H3. The van der Waals surface area contributed by atoms with Crippen molar-refractivity contribution in [2.45, 2.75) is 26.7 Å². The Bertz CT molecular complexity index is 470. The highest BCUT2D eigenvalue weighted by molar-refractivity contribution is 5.53. The van der Waals surface area contributed by atoms with Gasteiger partial charge in [0.2, 0.25) is 0 Å². The Hall–Kier alpha value is -1.62. The molecule has 1 fully saturated rings. The Morgan fingerprint density at radius 2 is 2.10 bits per heavy atom. The first-order valence-corrected chi connectivity index (χ1v) is 7.27. The van der Waals surface area contributed by atoms with Gasteiger partial charge in [0, 0.05) is 30.4 Å². The maximum absolute atomic E-state index is 10.8. The second kappa shape index (κ2) is 6.70. The van der Waals surface area contributed by atoms with Crippen LogP contribution in [0.15, 0.2) is 18.2 Å². The summed E-state index contributed by atoms with van der Waals surface area (Å²) in [5.41, 5.74) is 1.84. The van der Waals surface area contributed by atoms with Crippen molar-refractivity contribution in [3.63, 3.8) is 0 Å². The molecule has 1 atom stereocenters. The molecule has 2 rings (SSSR count). The second-order valence-electron chi connectivity index (χ2n) is 5.75. The van der Waals surface area contributed by atoms with Crippen molar-refractivity contribution in [2.75, 3.05) is 31.5 Å². The van der Waals surface area contributed by atoms with Crippen LogP contribution in [-0.2, 0) is 0 Å². The first-order valence-electron chi connectivity index (χ1n) is 7.27. The van der Waals surface area contributed by atoms with Crippen molar-refractivity contribution in [2.24, 2.45) is 5.92 Å². The van der Waals surface area contributed by atoms with Gasteiger partial charge >= 0.3 is 0 Å². The monoisotopic (exact) mass is 277 g/mol. The summed E-state index contributed by atoms with van der Waals surface area (Å²) >= 11 is 0. The summed E-state index contributed by atoms with van der Waals surface area (Å²) in [5.74, 6) is 0.573. The van der Waals surface area contributed by atoms with E-state index in [4.69, 9.17) is 0 Å². The maximum Gasteiger partial charge on any atom is 0.272 e. The average Bonchev–Trinajstić information content (AvgIpc) is 2.89. The summed E-state index contributed by atoms with van der Waals surface area (Å²) in [6, 6.07) is 5.21. The third kappa shape index (κ3) is 3.93. The maximum atomic E-state index is 10.8. The molecule has 1 aromatic rings. The van der Waals surface area contributed by atoms with E-state index < -0.39 is 0 Å². The number of nitrogens with zero attached hydrogens (tertiary/aromatic N) is 2. The van der Waals surface area contributed by atoms with Crippen LogP contribution in [0.3, 0.4) is 0 Å². The Balaban J connectivity index is 1.84. The molecule has 0 bridgehead atoms. The molecule has 20 heavy (non-hydrogen) atoms. The average molecular weight is 277 g/mol. The highest BCUT2D eigenvalue weighted by atomic mass is 16.6. The van der Waals surface area contributed by atoms with Crippen LogP contribution in [0.2, 0.25) is 0 Å². The smallest absolute Gasteiger partial charge is 0.272 e. The van der Waals surface area contributed by atoms with Crippen LogP contribution in [0.1, 0.15) is 25.3 Å². The summed E-state index contributed by atoms with van der Waals surface area (Å²) in [4.78, 5) is 12.9. The molecule has 1 aliphatic heterocycles. The molecule has 1 saturated heterocycles. The zero-order valence-corrected chi connectivity index (χ0v) is 12.3. The van der Waals surface area contributed by atoms with Gasteiger partial charge in [0.05, 0.1) is 4.92 Å². The van der Waals surface area contributed by atoms with Gasteiger partial charge in [0.1, 0.15) is 0 Å². The van der Waals surface area contributed by atoms with Crippen LogP contribution < -0.4 is 5.32 Å².